The Morgan fingerprint density at radius 3 is 1.17 bits per heavy atom. The molecule has 2 aliphatic heterocycles. The number of rotatable bonds is 15. The number of aliphatic hydroxyl groups excluding tert-OH is 6. The third kappa shape index (κ3) is 9.16. The first kappa shape index (κ1) is 43.3. The van der Waals surface area contributed by atoms with Crippen molar-refractivity contribution in [3.63, 3.8) is 0 Å². The van der Waals surface area contributed by atoms with E-state index in [1.165, 1.54) is 0 Å². The number of nitro groups is 6. The van der Waals surface area contributed by atoms with Crippen molar-refractivity contribution < 1.29 is 69.7 Å². The van der Waals surface area contributed by atoms with E-state index in [0.29, 0.717) is 18.2 Å². The van der Waals surface area contributed by atoms with Gasteiger partial charge < -0.3 is 55.6 Å². The van der Waals surface area contributed by atoms with E-state index in [-0.39, 0.29) is 0 Å². The summed E-state index contributed by atoms with van der Waals surface area (Å²) in [4.78, 5) is 64.8. The molecule has 8 N–H and O–H groups in total. The summed E-state index contributed by atoms with van der Waals surface area (Å²) in [6.07, 6.45) is -16.1. The van der Waals surface area contributed by atoms with Crippen LogP contribution in [0.5, 0.6) is 0 Å². The number of ether oxygens (including phenoxy) is 2. The number of benzene rings is 3. The van der Waals surface area contributed by atoms with Gasteiger partial charge in [-0.3, -0.25) is 60.7 Å². The molecule has 3 aromatic rings. The second-order valence-corrected chi connectivity index (χ2v) is 13.0. The summed E-state index contributed by atoms with van der Waals surface area (Å²) in [6, 6.07) is 3.34. The van der Waals surface area contributed by atoms with Gasteiger partial charge in [0.05, 0.1) is 59.8 Å². The topological polar surface area (TPSA) is 426 Å². The predicted molar refractivity (Wildman–Crippen MR) is 192 cm³/mol. The lowest BCUT2D eigenvalue weighted by Gasteiger charge is -2.45. The lowest BCUT2D eigenvalue weighted by Crippen LogP contribution is -2.64. The van der Waals surface area contributed by atoms with E-state index < -0.39 is 155 Å². The van der Waals surface area contributed by atoms with Crippen molar-refractivity contribution in [2.75, 3.05) is 28.6 Å². The lowest BCUT2D eigenvalue weighted by molar-refractivity contribution is -0.394. The van der Waals surface area contributed by atoms with Gasteiger partial charge in [-0.25, -0.2) is 0 Å². The van der Waals surface area contributed by atoms with Gasteiger partial charge in [0, 0.05) is 31.3 Å². The van der Waals surface area contributed by atoms with Gasteiger partial charge in [-0.15, -0.1) is 0 Å². The van der Waals surface area contributed by atoms with Gasteiger partial charge >= 0.3 is 0 Å². The average molecular weight is 838 g/mol. The molecular weight excluding hydrogens is 806 g/mol. The zero-order chi connectivity index (χ0) is 43.6. The lowest BCUT2D eigenvalue weighted by atomic mass is 9.93. The molecule has 5 rings (SSSR count). The normalized spacial score (nSPS) is 26.6. The van der Waals surface area contributed by atoms with Crippen molar-refractivity contribution in [2.45, 2.75) is 61.3 Å². The van der Waals surface area contributed by atoms with Crippen molar-refractivity contribution in [3.8, 4) is 0 Å². The molecule has 0 aromatic heterocycles. The second-order valence-electron chi connectivity index (χ2n) is 13.0. The van der Waals surface area contributed by atoms with Gasteiger partial charge in [-0.05, 0) is 18.2 Å². The van der Waals surface area contributed by atoms with Crippen LogP contribution in [0.1, 0.15) is 0 Å². The van der Waals surface area contributed by atoms with Gasteiger partial charge in [0.1, 0.15) is 53.7 Å². The molecule has 0 spiro atoms. The van der Waals surface area contributed by atoms with Crippen LogP contribution in [0.2, 0.25) is 0 Å². The summed E-state index contributed by atoms with van der Waals surface area (Å²) < 4.78 is 10.8. The standard InChI is InChI=1S/C30H31N9O20/c40-25-21(58-29(44)27(42)23(25)31-15-4-1-12(34(46)47)7-18(15)37(52)53)10-33(17-6-3-14(36(50)51)9-20(17)39(56)57)11-22-26(41)24(28(43)30(45)59-22)32-16-5-2-13(35(48)49)8-19(16)38(54)55/h1-9,21-32,40-45H,10-11H2/t21-,22-,23+,24+,25-,26-,27-,28-,29-,30-/m1/s1. The van der Waals surface area contributed by atoms with Crippen molar-refractivity contribution in [2.24, 2.45) is 0 Å². The average Bonchev–Trinajstić information content (AvgIpc) is 3.18. The van der Waals surface area contributed by atoms with Crippen LogP contribution in [0.3, 0.4) is 0 Å². The van der Waals surface area contributed by atoms with E-state index in [2.05, 4.69) is 10.6 Å². The largest absolute Gasteiger partial charge is 0.388 e. The summed E-state index contributed by atoms with van der Waals surface area (Å²) in [5.74, 6) is 0. The minimum absolute atomic E-state index is 0.475. The van der Waals surface area contributed by atoms with Crippen LogP contribution in [-0.4, -0.2) is 135 Å². The van der Waals surface area contributed by atoms with Crippen LogP contribution in [-0.2, 0) is 9.47 Å². The Labute approximate surface area is 326 Å². The Morgan fingerprint density at radius 1 is 0.492 bits per heavy atom. The molecule has 10 atom stereocenters. The van der Waals surface area contributed by atoms with Crippen LogP contribution in [0, 0.1) is 60.7 Å². The summed E-state index contributed by atoms with van der Waals surface area (Å²) >= 11 is 0. The number of non-ortho nitro benzene ring substituents is 3. The molecule has 0 aliphatic carbocycles. The Balaban J connectivity index is 1.52. The van der Waals surface area contributed by atoms with Crippen molar-refractivity contribution in [1.29, 1.82) is 0 Å². The molecule has 3 aromatic carbocycles. The highest BCUT2D eigenvalue weighted by Crippen LogP contribution is 2.37. The Hall–Kier alpha value is -6.86. The van der Waals surface area contributed by atoms with E-state index in [1.54, 1.807) is 0 Å². The smallest absolute Gasteiger partial charge is 0.299 e. The molecule has 0 bridgehead atoms. The number of aliphatic hydroxyl groups is 6. The number of hydrogen-bond acceptors (Lipinski definition) is 23. The first-order valence-electron chi connectivity index (χ1n) is 16.7. The summed E-state index contributed by atoms with van der Waals surface area (Å²) in [5.41, 5.74) is -6.32. The minimum atomic E-state index is -2.20. The molecule has 0 amide bonds. The Morgan fingerprint density at radius 2 is 0.831 bits per heavy atom. The number of anilines is 3. The summed E-state index contributed by atoms with van der Waals surface area (Å²) in [5, 5.41) is 140. The van der Waals surface area contributed by atoms with Crippen molar-refractivity contribution >= 4 is 51.2 Å². The van der Waals surface area contributed by atoms with E-state index >= 15 is 0 Å². The number of nitrogens with zero attached hydrogens (tertiary/aromatic N) is 7. The van der Waals surface area contributed by atoms with Crippen LogP contribution in [0.25, 0.3) is 0 Å². The van der Waals surface area contributed by atoms with Crippen LogP contribution < -0.4 is 15.5 Å². The third-order valence-electron chi connectivity index (χ3n) is 9.38. The maximum atomic E-state index is 12.3. The highest BCUT2D eigenvalue weighted by molar-refractivity contribution is 5.68. The first-order chi connectivity index (χ1) is 27.7. The monoisotopic (exact) mass is 837 g/mol. The highest BCUT2D eigenvalue weighted by Gasteiger charge is 2.48. The molecule has 2 fully saturated rings. The van der Waals surface area contributed by atoms with Crippen LogP contribution >= 0.6 is 0 Å². The molecule has 2 saturated heterocycles. The van der Waals surface area contributed by atoms with Crippen molar-refractivity contribution in [3.05, 3.63) is 115 Å². The molecule has 0 saturated carbocycles. The van der Waals surface area contributed by atoms with E-state index in [0.717, 1.165) is 41.3 Å². The maximum Gasteiger partial charge on any atom is 0.299 e. The molecule has 29 nitrogen and oxygen atoms in total. The zero-order valence-corrected chi connectivity index (χ0v) is 29.4. The Bertz CT molecular complexity index is 2050. The van der Waals surface area contributed by atoms with Gasteiger partial charge in [-0.1, -0.05) is 0 Å². The van der Waals surface area contributed by atoms with Gasteiger partial charge in [0.15, 0.2) is 12.6 Å². The number of hydrogen-bond donors (Lipinski definition) is 8. The highest BCUT2D eigenvalue weighted by atomic mass is 16.7. The van der Waals surface area contributed by atoms with Gasteiger partial charge in [-0.2, -0.15) is 0 Å². The molecular formula is C30H31N9O20. The molecule has 59 heavy (non-hydrogen) atoms. The third-order valence-corrected chi connectivity index (χ3v) is 9.38. The number of nitrogens with one attached hydrogen (secondary N) is 2. The zero-order valence-electron chi connectivity index (χ0n) is 29.4. The molecule has 0 radical (unpaired) electrons. The fourth-order valence-corrected chi connectivity index (χ4v) is 6.46. The quantitative estimate of drug-likeness (QED) is 0.0724. The molecule has 2 heterocycles. The van der Waals surface area contributed by atoms with Gasteiger partial charge in [0.2, 0.25) is 0 Å². The molecule has 29 heteroatoms. The van der Waals surface area contributed by atoms with Gasteiger partial charge in [0.25, 0.3) is 34.1 Å². The fourth-order valence-electron chi connectivity index (χ4n) is 6.46. The number of nitro benzene ring substituents is 6. The Kier molecular flexibility index (Phi) is 12.7. The van der Waals surface area contributed by atoms with Crippen molar-refractivity contribution in [1.82, 2.24) is 0 Å². The van der Waals surface area contributed by atoms with E-state index in [9.17, 15) is 91.3 Å². The fraction of sp³-hybridized carbons (Fsp3) is 0.400. The summed E-state index contributed by atoms with van der Waals surface area (Å²) in [7, 11) is 0. The van der Waals surface area contributed by atoms with Crippen LogP contribution in [0.4, 0.5) is 51.2 Å². The second kappa shape index (κ2) is 17.3. The first-order valence-corrected chi connectivity index (χ1v) is 16.7. The van der Waals surface area contributed by atoms with E-state index in [4.69, 9.17) is 9.47 Å². The van der Waals surface area contributed by atoms with Crippen LogP contribution in [0.15, 0.2) is 54.6 Å². The maximum absolute atomic E-state index is 12.3. The predicted octanol–water partition coefficient (Wildman–Crippen LogP) is -0.218. The SMILES string of the molecule is O=[N+]([O-])c1ccc(N[C@@H]2[C@@H](O)[C@H](O)O[C@H](CN(C[C@H]3O[C@@H](O)[C@H](O)[C@@H](Nc4ccc([N+](=O)[O-])cc4[N+](=O)[O-])[C@@H]3O)c3ccc([N+](=O)[O-])cc3[N+](=O)[O-])[C@H]2O)c([N+](=O)[O-])c1. The summed E-state index contributed by atoms with van der Waals surface area (Å²) in [6.45, 7) is -1.64. The molecule has 0 unspecified atom stereocenters. The van der Waals surface area contributed by atoms with E-state index in [1.807, 2.05) is 0 Å². The molecule has 316 valence electrons. The molecule has 2 aliphatic rings. The minimum Gasteiger partial charge on any atom is -0.388 e.